The molecule has 340 valence electrons. The number of benzene rings is 11. The third kappa shape index (κ3) is 6.42. The summed E-state index contributed by atoms with van der Waals surface area (Å²) in [5.41, 5.74) is 24.5. The van der Waals surface area contributed by atoms with E-state index >= 15 is 0 Å². The molecule has 1 aromatic heterocycles. The highest BCUT2D eigenvalue weighted by atomic mass is 16.3. The van der Waals surface area contributed by atoms with Gasteiger partial charge in [-0.3, -0.25) is 0 Å². The van der Waals surface area contributed by atoms with E-state index in [9.17, 15) is 0 Å². The van der Waals surface area contributed by atoms with Crippen molar-refractivity contribution in [1.82, 2.24) is 0 Å². The van der Waals surface area contributed by atoms with Crippen LogP contribution < -0.4 is 4.90 Å². The van der Waals surface area contributed by atoms with Crippen LogP contribution in [0, 0.1) is 0 Å². The zero-order valence-corrected chi connectivity index (χ0v) is 40.2. The number of anilines is 3. The van der Waals surface area contributed by atoms with Crippen molar-refractivity contribution in [2.45, 2.75) is 24.7 Å². The highest BCUT2D eigenvalue weighted by Crippen LogP contribution is 2.58. The Kier molecular flexibility index (Phi) is 9.50. The summed E-state index contributed by atoms with van der Waals surface area (Å²) < 4.78 is 6.21. The molecule has 12 aromatic rings. The third-order valence-corrected chi connectivity index (χ3v) is 15.8. The Morgan fingerprint density at radius 2 is 0.750 bits per heavy atom. The maximum absolute atomic E-state index is 6.21. The molecule has 0 spiro atoms. The van der Waals surface area contributed by atoms with Crippen LogP contribution >= 0.6 is 0 Å². The molecular formula is C70H49NO. The largest absolute Gasteiger partial charge is 0.456 e. The van der Waals surface area contributed by atoms with Crippen molar-refractivity contribution >= 4 is 39.0 Å². The topological polar surface area (TPSA) is 16.4 Å². The van der Waals surface area contributed by atoms with Crippen molar-refractivity contribution in [3.8, 4) is 55.6 Å². The van der Waals surface area contributed by atoms with E-state index in [4.69, 9.17) is 4.42 Å². The smallest absolute Gasteiger partial charge is 0.135 e. The van der Waals surface area contributed by atoms with Gasteiger partial charge in [0.2, 0.25) is 0 Å². The lowest BCUT2D eigenvalue weighted by molar-refractivity contribution is 0.660. The van der Waals surface area contributed by atoms with Crippen molar-refractivity contribution in [2.75, 3.05) is 4.90 Å². The van der Waals surface area contributed by atoms with Gasteiger partial charge in [0.05, 0.1) is 5.41 Å². The molecule has 72 heavy (non-hydrogen) atoms. The van der Waals surface area contributed by atoms with Gasteiger partial charge < -0.3 is 9.32 Å². The first-order valence-corrected chi connectivity index (χ1v) is 25.1. The van der Waals surface area contributed by atoms with Crippen molar-refractivity contribution in [2.24, 2.45) is 0 Å². The van der Waals surface area contributed by atoms with Gasteiger partial charge in [-0.15, -0.1) is 0 Å². The van der Waals surface area contributed by atoms with Gasteiger partial charge in [-0.25, -0.2) is 0 Å². The van der Waals surface area contributed by atoms with Crippen LogP contribution in [0.2, 0.25) is 0 Å². The standard InChI is InChI=1S/C70H49NO/c1-69(2)65-43-51(48-28-26-47(27-29-48)46-16-6-3-7-17-46)32-38-58(65)59-39-36-56(45-66(59)69)71(54-34-30-49(31-35-54)50-33-41-68-62(42-50)60-23-13-15-25-67(60)72-68)55-37-40-64-61(44-55)57-22-12-14-24-63(57)70(64,52-18-8-4-9-19-52)53-20-10-5-11-21-53/h3-45H,1-2H3. The molecule has 0 saturated heterocycles. The predicted molar refractivity (Wildman–Crippen MR) is 300 cm³/mol. The molecule has 2 heteroatoms. The van der Waals surface area contributed by atoms with Crippen LogP contribution in [0.25, 0.3) is 77.6 Å². The molecule has 0 fully saturated rings. The molecule has 0 N–H and O–H groups in total. The molecule has 11 aromatic carbocycles. The zero-order valence-electron chi connectivity index (χ0n) is 40.2. The van der Waals surface area contributed by atoms with E-state index in [-0.39, 0.29) is 5.41 Å². The van der Waals surface area contributed by atoms with Crippen molar-refractivity contribution in [1.29, 1.82) is 0 Å². The van der Waals surface area contributed by atoms with Crippen molar-refractivity contribution < 1.29 is 4.42 Å². The minimum absolute atomic E-state index is 0.242. The van der Waals surface area contributed by atoms with Crippen LogP contribution in [0.4, 0.5) is 17.1 Å². The number of para-hydroxylation sites is 1. The lowest BCUT2D eigenvalue weighted by Gasteiger charge is -2.34. The van der Waals surface area contributed by atoms with Gasteiger partial charge in [-0.2, -0.15) is 0 Å². The first-order valence-electron chi connectivity index (χ1n) is 25.1. The molecule has 0 aliphatic heterocycles. The molecule has 0 bridgehead atoms. The Hall–Kier alpha value is -8.98. The minimum Gasteiger partial charge on any atom is -0.456 e. The lowest BCUT2D eigenvalue weighted by Crippen LogP contribution is -2.28. The maximum atomic E-state index is 6.21. The van der Waals surface area contributed by atoms with Gasteiger partial charge in [0.25, 0.3) is 0 Å². The summed E-state index contributed by atoms with van der Waals surface area (Å²) >= 11 is 0. The maximum Gasteiger partial charge on any atom is 0.135 e. The summed E-state index contributed by atoms with van der Waals surface area (Å²) in [7, 11) is 0. The van der Waals surface area contributed by atoms with Gasteiger partial charge in [0, 0.05) is 33.2 Å². The molecule has 0 amide bonds. The molecule has 1 heterocycles. The number of hydrogen-bond acceptors (Lipinski definition) is 2. The van der Waals surface area contributed by atoms with Gasteiger partial charge in [-0.1, -0.05) is 214 Å². The van der Waals surface area contributed by atoms with E-state index in [2.05, 4.69) is 267 Å². The second-order valence-corrected chi connectivity index (χ2v) is 20.0. The third-order valence-electron chi connectivity index (χ3n) is 15.8. The Labute approximate surface area is 420 Å². The predicted octanol–water partition coefficient (Wildman–Crippen LogP) is 18.7. The zero-order chi connectivity index (χ0) is 48.0. The summed E-state index contributed by atoms with van der Waals surface area (Å²) in [4.78, 5) is 2.46. The quantitative estimate of drug-likeness (QED) is 0.151. The molecular weight excluding hydrogens is 871 g/mol. The molecule has 2 nitrogen and oxygen atoms in total. The van der Waals surface area contributed by atoms with Crippen LogP contribution in [-0.2, 0) is 10.8 Å². The monoisotopic (exact) mass is 919 g/mol. The average Bonchev–Trinajstić information content (AvgIpc) is 4.04. The molecule has 0 saturated carbocycles. The highest BCUT2D eigenvalue weighted by molar-refractivity contribution is 6.06. The van der Waals surface area contributed by atoms with E-state index in [1.54, 1.807) is 0 Å². The Bertz CT molecular complexity index is 4000. The van der Waals surface area contributed by atoms with E-state index in [0.717, 1.165) is 50.1 Å². The number of hydrogen-bond donors (Lipinski definition) is 0. The number of rotatable bonds is 8. The van der Waals surface area contributed by atoms with Gasteiger partial charge in [0.15, 0.2) is 0 Å². The van der Waals surface area contributed by atoms with Crippen LogP contribution in [0.5, 0.6) is 0 Å². The number of fused-ring (bicyclic) bond motifs is 9. The summed E-state index contributed by atoms with van der Waals surface area (Å²) in [6, 6.07) is 96.1. The van der Waals surface area contributed by atoms with Crippen LogP contribution in [0.3, 0.4) is 0 Å². The summed E-state index contributed by atoms with van der Waals surface area (Å²) in [5.74, 6) is 0. The minimum atomic E-state index is -0.479. The average molecular weight is 920 g/mol. The van der Waals surface area contributed by atoms with Gasteiger partial charge in [0.1, 0.15) is 11.2 Å². The van der Waals surface area contributed by atoms with E-state index in [0.29, 0.717) is 0 Å². The molecule has 2 aliphatic carbocycles. The normalized spacial score (nSPS) is 13.6. The molecule has 14 rings (SSSR count). The van der Waals surface area contributed by atoms with E-state index < -0.39 is 5.41 Å². The Balaban J connectivity index is 0.903. The summed E-state index contributed by atoms with van der Waals surface area (Å²) in [5, 5.41) is 2.26. The van der Waals surface area contributed by atoms with Gasteiger partial charge >= 0.3 is 0 Å². The lowest BCUT2D eigenvalue weighted by atomic mass is 9.68. The fraction of sp³-hybridized carbons (Fsp3) is 0.0571. The highest BCUT2D eigenvalue weighted by Gasteiger charge is 2.46. The van der Waals surface area contributed by atoms with E-state index in [1.807, 2.05) is 12.1 Å². The van der Waals surface area contributed by atoms with Crippen LogP contribution in [0.15, 0.2) is 265 Å². The van der Waals surface area contributed by atoms with Gasteiger partial charge in [-0.05, 0) is 150 Å². The summed E-state index contributed by atoms with van der Waals surface area (Å²) in [6.07, 6.45) is 0. The molecule has 0 atom stereocenters. The fourth-order valence-electron chi connectivity index (χ4n) is 12.3. The van der Waals surface area contributed by atoms with Crippen LogP contribution in [-0.4, -0.2) is 0 Å². The SMILES string of the molecule is CC1(C)c2cc(-c3ccc(-c4ccccc4)cc3)ccc2-c2ccc(N(c3ccc(-c4ccc5oc6ccccc6c5c4)cc3)c3ccc4c(c3)-c3ccccc3C4(c3ccccc3)c3ccccc3)cc21. The number of nitrogens with zero attached hydrogens (tertiary/aromatic N) is 1. The van der Waals surface area contributed by atoms with Crippen molar-refractivity contribution in [3.05, 3.63) is 294 Å². The Morgan fingerprint density at radius 3 is 1.47 bits per heavy atom. The molecule has 0 unspecified atom stereocenters. The van der Waals surface area contributed by atoms with Crippen LogP contribution in [0.1, 0.15) is 47.2 Å². The first kappa shape index (κ1) is 41.9. The summed E-state index contributed by atoms with van der Waals surface area (Å²) in [6.45, 7) is 4.78. The molecule has 2 aliphatic rings. The Morgan fingerprint density at radius 1 is 0.292 bits per heavy atom. The second-order valence-electron chi connectivity index (χ2n) is 20.0. The van der Waals surface area contributed by atoms with Crippen molar-refractivity contribution in [3.63, 3.8) is 0 Å². The number of furan rings is 1. The first-order chi connectivity index (χ1) is 35.4. The molecule has 0 radical (unpaired) electrons. The second kappa shape index (κ2) is 16.3. The van der Waals surface area contributed by atoms with E-state index in [1.165, 1.54) is 77.9 Å². The fourth-order valence-corrected chi connectivity index (χ4v) is 12.3.